The molecule has 0 unspecified atom stereocenters. The minimum atomic E-state index is -4.43. The van der Waals surface area contributed by atoms with E-state index in [1.54, 1.807) is 12.6 Å². The molecule has 0 aromatic carbocycles. The largest absolute Gasteiger partial charge is 0.433 e. The average Bonchev–Trinajstić information content (AvgIpc) is 3.22. The van der Waals surface area contributed by atoms with Crippen LogP contribution in [0.4, 0.5) is 13.2 Å². The zero-order valence-corrected chi connectivity index (χ0v) is 15.0. The highest BCUT2D eigenvalue weighted by Crippen LogP contribution is 2.28. The van der Waals surface area contributed by atoms with E-state index in [9.17, 15) is 13.2 Å². The van der Waals surface area contributed by atoms with E-state index in [0.29, 0.717) is 12.0 Å². The molecule has 137 valence electrons. The van der Waals surface area contributed by atoms with Gasteiger partial charge >= 0.3 is 6.18 Å². The van der Waals surface area contributed by atoms with Gasteiger partial charge in [-0.2, -0.15) is 13.2 Å². The fourth-order valence-electron chi connectivity index (χ4n) is 2.77. The zero-order valence-electron chi connectivity index (χ0n) is 14.2. The van der Waals surface area contributed by atoms with E-state index in [0.717, 1.165) is 38.1 Å². The molecule has 0 aliphatic heterocycles. The quantitative estimate of drug-likeness (QED) is 0.540. The fourth-order valence-corrected chi connectivity index (χ4v) is 3.67. The number of pyridine rings is 2. The molecule has 4 nitrogen and oxygen atoms in total. The molecule has 1 N–H and O–H groups in total. The maximum atomic E-state index is 12.6. The number of nitrogens with zero attached hydrogens (tertiary/aromatic N) is 3. The second-order valence-corrected chi connectivity index (χ2v) is 7.33. The molecule has 0 bridgehead atoms. The molecule has 4 aromatic rings. The van der Waals surface area contributed by atoms with Gasteiger partial charge in [0.25, 0.3) is 0 Å². The van der Waals surface area contributed by atoms with Crippen LogP contribution in [-0.2, 0) is 12.6 Å². The number of nitrogens with one attached hydrogen (secondary N) is 1. The number of aromatic amines is 1. The van der Waals surface area contributed by atoms with E-state index in [1.807, 2.05) is 19.3 Å². The highest BCUT2D eigenvalue weighted by molar-refractivity contribution is 7.11. The van der Waals surface area contributed by atoms with E-state index in [2.05, 4.69) is 26.0 Å². The number of aryl methyl sites for hydroxylation is 1. The van der Waals surface area contributed by atoms with Gasteiger partial charge in [-0.3, -0.25) is 4.98 Å². The van der Waals surface area contributed by atoms with Gasteiger partial charge in [-0.15, -0.1) is 11.3 Å². The summed E-state index contributed by atoms with van der Waals surface area (Å²) in [7, 11) is 0. The number of fused-ring (bicyclic) bond motifs is 1. The Morgan fingerprint density at radius 2 is 1.96 bits per heavy atom. The SMILES string of the molecule is Cc1cnc2[nH]cc(Cc3cnc([CH]c4ccc(C(F)(F)F)nc4)s3)c2c1. The molecule has 0 aliphatic carbocycles. The number of hydrogen-bond acceptors (Lipinski definition) is 4. The van der Waals surface area contributed by atoms with E-state index in [1.165, 1.54) is 23.6 Å². The van der Waals surface area contributed by atoms with Crippen LogP contribution in [0.3, 0.4) is 0 Å². The van der Waals surface area contributed by atoms with E-state index >= 15 is 0 Å². The molecule has 0 saturated heterocycles. The first-order chi connectivity index (χ1) is 12.9. The van der Waals surface area contributed by atoms with Crippen molar-refractivity contribution in [2.45, 2.75) is 19.5 Å². The Kier molecular flexibility index (Phi) is 4.43. The second-order valence-electron chi connectivity index (χ2n) is 6.18. The number of aromatic nitrogens is 4. The van der Waals surface area contributed by atoms with Crippen molar-refractivity contribution in [3.8, 4) is 0 Å². The van der Waals surface area contributed by atoms with Gasteiger partial charge in [0, 0.05) is 41.5 Å². The summed E-state index contributed by atoms with van der Waals surface area (Å²) in [6.45, 7) is 2.00. The number of halogens is 3. The first-order valence-electron chi connectivity index (χ1n) is 8.14. The summed E-state index contributed by atoms with van der Waals surface area (Å²) < 4.78 is 37.7. The topological polar surface area (TPSA) is 54.5 Å². The van der Waals surface area contributed by atoms with Gasteiger partial charge in [-0.25, -0.2) is 9.97 Å². The lowest BCUT2D eigenvalue weighted by Gasteiger charge is -2.05. The molecular formula is C19H14F3N4S. The van der Waals surface area contributed by atoms with Crippen molar-refractivity contribution in [1.29, 1.82) is 0 Å². The smallest absolute Gasteiger partial charge is 0.346 e. The normalized spacial score (nSPS) is 12.0. The monoisotopic (exact) mass is 387 g/mol. The molecule has 8 heteroatoms. The number of thiazole rings is 1. The maximum Gasteiger partial charge on any atom is 0.433 e. The first-order valence-corrected chi connectivity index (χ1v) is 8.95. The van der Waals surface area contributed by atoms with Gasteiger partial charge in [0.15, 0.2) is 0 Å². The number of hydrogen-bond donors (Lipinski definition) is 1. The van der Waals surface area contributed by atoms with Crippen molar-refractivity contribution in [2.24, 2.45) is 0 Å². The van der Waals surface area contributed by atoms with Gasteiger partial charge < -0.3 is 4.98 Å². The Labute approximate surface area is 157 Å². The molecule has 27 heavy (non-hydrogen) atoms. The molecule has 4 aromatic heterocycles. The van der Waals surface area contributed by atoms with Gasteiger partial charge in [0.2, 0.25) is 0 Å². The molecule has 0 atom stereocenters. The van der Waals surface area contributed by atoms with Crippen LogP contribution in [0.15, 0.2) is 43.0 Å². The van der Waals surface area contributed by atoms with Crippen LogP contribution in [0, 0.1) is 13.3 Å². The van der Waals surface area contributed by atoms with Crippen LogP contribution in [0.5, 0.6) is 0 Å². The molecule has 4 heterocycles. The Balaban J connectivity index is 1.49. The molecule has 4 rings (SSSR count). The average molecular weight is 387 g/mol. The van der Waals surface area contributed by atoms with Gasteiger partial charge in [0.05, 0.1) is 6.42 Å². The van der Waals surface area contributed by atoms with Crippen LogP contribution in [0.1, 0.15) is 32.3 Å². The lowest BCUT2D eigenvalue weighted by atomic mass is 10.1. The van der Waals surface area contributed by atoms with Crippen LogP contribution < -0.4 is 0 Å². The Morgan fingerprint density at radius 3 is 2.70 bits per heavy atom. The van der Waals surface area contributed by atoms with E-state index < -0.39 is 11.9 Å². The third kappa shape index (κ3) is 3.85. The predicted molar refractivity (Wildman–Crippen MR) is 97.5 cm³/mol. The van der Waals surface area contributed by atoms with Crippen molar-refractivity contribution in [3.63, 3.8) is 0 Å². The zero-order chi connectivity index (χ0) is 19.0. The van der Waals surface area contributed by atoms with Crippen molar-refractivity contribution < 1.29 is 13.2 Å². The Hall–Kier alpha value is -2.74. The van der Waals surface area contributed by atoms with Crippen LogP contribution in [0.25, 0.3) is 11.0 Å². The summed E-state index contributed by atoms with van der Waals surface area (Å²) in [5.74, 6) is 0. The fraction of sp³-hybridized carbons (Fsp3) is 0.158. The lowest BCUT2D eigenvalue weighted by molar-refractivity contribution is -0.141. The van der Waals surface area contributed by atoms with Gasteiger partial charge in [-0.1, -0.05) is 6.07 Å². The Bertz CT molecular complexity index is 1080. The predicted octanol–water partition coefficient (Wildman–Crippen LogP) is 4.93. The molecule has 0 fully saturated rings. The van der Waals surface area contributed by atoms with Crippen LogP contribution in [-0.4, -0.2) is 19.9 Å². The number of rotatable bonds is 4. The second kappa shape index (κ2) is 6.77. The lowest BCUT2D eigenvalue weighted by Crippen LogP contribution is -2.07. The van der Waals surface area contributed by atoms with Gasteiger partial charge in [0.1, 0.15) is 16.3 Å². The molecule has 0 amide bonds. The summed E-state index contributed by atoms with van der Waals surface area (Å²) in [4.78, 5) is 16.4. The first kappa shape index (κ1) is 17.7. The van der Waals surface area contributed by atoms with Crippen LogP contribution in [0.2, 0.25) is 0 Å². The summed E-state index contributed by atoms with van der Waals surface area (Å²) in [5, 5.41) is 1.81. The summed E-state index contributed by atoms with van der Waals surface area (Å²) in [6.07, 6.45) is 4.76. The van der Waals surface area contributed by atoms with Gasteiger partial charge in [-0.05, 0) is 35.7 Å². The maximum absolute atomic E-state index is 12.6. The van der Waals surface area contributed by atoms with Crippen LogP contribution >= 0.6 is 11.3 Å². The summed E-state index contributed by atoms with van der Waals surface area (Å²) in [5.41, 5.74) is 2.75. The highest BCUT2D eigenvalue weighted by atomic mass is 32.1. The minimum Gasteiger partial charge on any atom is -0.346 e. The number of alkyl halides is 3. The van der Waals surface area contributed by atoms with E-state index in [4.69, 9.17) is 0 Å². The highest BCUT2D eigenvalue weighted by Gasteiger charge is 2.32. The van der Waals surface area contributed by atoms with Crippen molar-refractivity contribution in [3.05, 3.63) is 81.7 Å². The molecule has 0 saturated carbocycles. The van der Waals surface area contributed by atoms with E-state index in [-0.39, 0.29) is 0 Å². The van der Waals surface area contributed by atoms with Crippen molar-refractivity contribution >= 4 is 22.4 Å². The summed E-state index contributed by atoms with van der Waals surface area (Å²) in [6, 6.07) is 4.46. The molecule has 1 radical (unpaired) electrons. The standard InChI is InChI=1S/C19H14F3N4S/c1-11-4-15-13(9-26-18(15)25-7-11)6-14-10-24-17(27-14)5-12-2-3-16(23-8-12)19(20,21)22/h2-5,7-10H,6H2,1H3,(H,25,26). The third-order valence-electron chi connectivity index (χ3n) is 4.06. The van der Waals surface area contributed by atoms with Crippen molar-refractivity contribution in [1.82, 2.24) is 19.9 Å². The Morgan fingerprint density at radius 1 is 1.11 bits per heavy atom. The molecule has 0 aliphatic rings. The summed E-state index contributed by atoms with van der Waals surface area (Å²) >= 11 is 1.50. The van der Waals surface area contributed by atoms with Crippen molar-refractivity contribution in [2.75, 3.05) is 0 Å². The third-order valence-corrected chi connectivity index (χ3v) is 5.00. The molecule has 0 spiro atoms. The molecular weight excluding hydrogens is 373 g/mol. The minimum absolute atomic E-state index is 0.579. The number of H-pyrrole nitrogens is 1.